The second-order valence-corrected chi connectivity index (χ2v) is 1.85. The van der Waals surface area contributed by atoms with E-state index < -0.39 is 0 Å². The zero-order valence-corrected chi connectivity index (χ0v) is 5.24. The van der Waals surface area contributed by atoms with Gasteiger partial charge < -0.3 is 0 Å². The van der Waals surface area contributed by atoms with Gasteiger partial charge in [-0.2, -0.15) is 0 Å². The number of rotatable bonds is 0. The predicted molar refractivity (Wildman–Crippen MR) is 32.1 cm³/mol. The maximum Gasteiger partial charge on any atom is 0.151 e. The van der Waals surface area contributed by atoms with E-state index in [-0.39, 0.29) is 16.3 Å². The lowest BCUT2D eigenvalue weighted by atomic mass is 10.6. The molecule has 2 nitrogen and oxygen atoms in total. The van der Waals surface area contributed by atoms with Gasteiger partial charge in [0.15, 0.2) is 10.3 Å². The van der Waals surface area contributed by atoms with Gasteiger partial charge in [0.05, 0.1) is 1.37 Å². The van der Waals surface area contributed by atoms with E-state index in [0.29, 0.717) is 0 Å². The Bertz CT molecular complexity index is 228. The molecule has 0 fully saturated rings. The summed E-state index contributed by atoms with van der Waals surface area (Å²) in [6, 6.07) is 1.42. The topological polar surface area (TPSA) is 25.8 Å². The Kier molecular flexibility index (Phi) is 1.29. The second-order valence-electron chi connectivity index (χ2n) is 1.10. The van der Waals surface area contributed by atoms with Crippen LogP contribution in [-0.4, -0.2) is 10.2 Å². The molecule has 0 bridgehead atoms. The molecular formula is C4H2Cl2N2. The van der Waals surface area contributed by atoms with Crippen molar-refractivity contribution in [1.29, 1.82) is 0 Å². The third kappa shape index (κ3) is 1.32. The first-order valence-electron chi connectivity index (χ1n) is 2.35. The van der Waals surface area contributed by atoms with Crippen LogP contribution in [0.3, 0.4) is 0 Å². The van der Waals surface area contributed by atoms with Gasteiger partial charge >= 0.3 is 0 Å². The van der Waals surface area contributed by atoms with Crippen molar-refractivity contribution in [2.45, 2.75) is 0 Å². The molecule has 1 rings (SSSR count). The molecule has 0 spiro atoms. The number of hydrogen-bond donors (Lipinski definition) is 0. The van der Waals surface area contributed by atoms with E-state index in [4.69, 9.17) is 24.6 Å². The Hall–Kier alpha value is -0.340. The molecule has 0 unspecified atom stereocenters. The lowest BCUT2D eigenvalue weighted by Crippen LogP contribution is -1.78. The van der Waals surface area contributed by atoms with Gasteiger partial charge in [-0.25, -0.2) is 0 Å². The van der Waals surface area contributed by atoms with Crippen LogP contribution in [0.4, 0.5) is 0 Å². The van der Waals surface area contributed by atoms with E-state index in [1.54, 1.807) is 0 Å². The van der Waals surface area contributed by atoms with E-state index in [9.17, 15) is 0 Å². The molecule has 1 aromatic rings. The number of nitrogens with zero attached hydrogens (tertiary/aromatic N) is 2. The molecule has 1 aromatic heterocycles. The smallest absolute Gasteiger partial charge is 0.137 e. The van der Waals surface area contributed by atoms with E-state index >= 15 is 0 Å². The third-order valence-electron chi connectivity index (χ3n) is 0.544. The average Bonchev–Trinajstić information content (AvgIpc) is 1.80. The van der Waals surface area contributed by atoms with Gasteiger partial charge in [-0.05, 0) is 12.1 Å². The average molecular weight is 150 g/mol. The monoisotopic (exact) mass is 149 g/mol. The zero-order chi connectivity index (χ0) is 6.85. The summed E-state index contributed by atoms with van der Waals surface area (Å²) < 4.78 is 7.04. The molecule has 42 valence electrons. The quantitative estimate of drug-likeness (QED) is 0.563. The summed E-state index contributed by atoms with van der Waals surface area (Å²) in [5.41, 5.74) is 0. The van der Waals surface area contributed by atoms with Crippen LogP contribution < -0.4 is 0 Å². The molecule has 0 amide bonds. The summed E-state index contributed by atoms with van der Waals surface area (Å²) in [5, 5.41) is 7.03. The van der Waals surface area contributed by atoms with E-state index in [2.05, 4.69) is 10.2 Å². The molecule has 0 radical (unpaired) electrons. The predicted octanol–water partition coefficient (Wildman–Crippen LogP) is 1.78. The van der Waals surface area contributed by atoms with Gasteiger partial charge in [-0.1, -0.05) is 23.2 Å². The Morgan fingerprint density at radius 1 is 1.38 bits per heavy atom. The minimum atomic E-state index is 0.0689. The normalized spacial score (nSPS) is 11.0. The second kappa shape index (κ2) is 2.29. The molecule has 0 saturated heterocycles. The third-order valence-corrected chi connectivity index (χ3v) is 0.913. The van der Waals surface area contributed by atoms with E-state index in [1.165, 1.54) is 6.07 Å². The Morgan fingerprint density at radius 3 is 2.50 bits per heavy atom. The van der Waals surface area contributed by atoms with Crippen LogP contribution in [0.1, 0.15) is 1.37 Å². The molecule has 4 heteroatoms. The van der Waals surface area contributed by atoms with Gasteiger partial charge in [-0.15, -0.1) is 10.2 Å². The molecular weight excluding hydrogens is 147 g/mol. The maximum absolute atomic E-state index is 7.04. The van der Waals surface area contributed by atoms with Gasteiger partial charge in [0.25, 0.3) is 0 Å². The minimum absolute atomic E-state index is 0.0689. The maximum atomic E-state index is 7.04. The fourth-order valence-electron chi connectivity index (χ4n) is 0.269. The van der Waals surface area contributed by atoms with E-state index in [1.807, 2.05) is 0 Å². The lowest BCUT2D eigenvalue weighted by Gasteiger charge is -1.83. The molecule has 0 saturated carbocycles. The van der Waals surface area contributed by atoms with Crippen LogP contribution >= 0.6 is 23.2 Å². The SMILES string of the molecule is [2H]c1cc(Cl)nnc1Cl. The van der Waals surface area contributed by atoms with Gasteiger partial charge in [0, 0.05) is 0 Å². The highest BCUT2D eigenvalue weighted by molar-refractivity contribution is 6.31. The van der Waals surface area contributed by atoms with Crippen molar-refractivity contribution in [2.75, 3.05) is 0 Å². The lowest BCUT2D eigenvalue weighted by molar-refractivity contribution is 1.03. The van der Waals surface area contributed by atoms with E-state index in [0.717, 1.165) is 0 Å². The fourth-order valence-corrected chi connectivity index (χ4v) is 0.453. The molecule has 0 aliphatic heterocycles. The van der Waals surface area contributed by atoms with Crippen LogP contribution in [0.5, 0.6) is 0 Å². The number of hydrogen-bond acceptors (Lipinski definition) is 2. The van der Waals surface area contributed by atoms with Crippen molar-refractivity contribution in [2.24, 2.45) is 0 Å². The van der Waals surface area contributed by atoms with Crippen LogP contribution in [0, 0.1) is 0 Å². The molecule has 0 N–H and O–H groups in total. The summed E-state index contributed by atoms with van der Waals surface area (Å²) in [4.78, 5) is 0. The standard InChI is InChI=1S/C4H2Cl2N2/c5-3-1-2-4(6)8-7-3/h1-2H/i1D. The van der Waals surface area contributed by atoms with Gasteiger partial charge in [-0.3, -0.25) is 0 Å². The minimum Gasteiger partial charge on any atom is -0.137 e. The zero-order valence-electron chi connectivity index (χ0n) is 4.73. The molecule has 0 aliphatic carbocycles. The Morgan fingerprint density at radius 2 is 2.00 bits per heavy atom. The largest absolute Gasteiger partial charge is 0.151 e. The summed E-state index contributed by atoms with van der Waals surface area (Å²) in [6.07, 6.45) is 0. The summed E-state index contributed by atoms with van der Waals surface area (Å²) in [5.74, 6) is 0. The molecule has 8 heavy (non-hydrogen) atoms. The van der Waals surface area contributed by atoms with Crippen molar-refractivity contribution < 1.29 is 1.37 Å². The van der Waals surface area contributed by atoms with Gasteiger partial charge in [0.2, 0.25) is 0 Å². The van der Waals surface area contributed by atoms with Crippen LogP contribution in [0.15, 0.2) is 12.1 Å². The van der Waals surface area contributed by atoms with Crippen molar-refractivity contribution in [3.63, 3.8) is 0 Å². The highest BCUT2D eigenvalue weighted by atomic mass is 35.5. The highest BCUT2D eigenvalue weighted by Crippen LogP contribution is 2.05. The van der Waals surface area contributed by atoms with Crippen molar-refractivity contribution in [3.8, 4) is 0 Å². The van der Waals surface area contributed by atoms with Crippen LogP contribution in [-0.2, 0) is 0 Å². The first-order valence-corrected chi connectivity index (χ1v) is 2.61. The van der Waals surface area contributed by atoms with Crippen molar-refractivity contribution in [3.05, 3.63) is 22.4 Å². The van der Waals surface area contributed by atoms with Crippen molar-refractivity contribution in [1.82, 2.24) is 10.2 Å². The molecule has 0 atom stereocenters. The number of aromatic nitrogens is 2. The fraction of sp³-hybridized carbons (Fsp3) is 0. The Labute approximate surface area is 57.9 Å². The summed E-state index contributed by atoms with van der Waals surface area (Å²) >= 11 is 10.7. The highest BCUT2D eigenvalue weighted by Gasteiger charge is 1.87. The van der Waals surface area contributed by atoms with Crippen molar-refractivity contribution >= 4 is 23.2 Å². The Balaban J connectivity index is 3.17. The summed E-state index contributed by atoms with van der Waals surface area (Å²) in [6.45, 7) is 0. The molecule has 0 aliphatic rings. The number of halogens is 2. The molecule has 1 heterocycles. The van der Waals surface area contributed by atoms with Crippen LogP contribution in [0.25, 0.3) is 0 Å². The van der Waals surface area contributed by atoms with Crippen LogP contribution in [0.2, 0.25) is 10.3 Å². The molecule has 0 aromatic carbocycles. The first kappa shape index (κ1) is 4.53. The first-order chi connectivity index (χ1) is 4.20. The van der Waals surface area contributed by atoms with Gasteiger partial charge in [0.1, 0.15) is 0 Å². The summed E-state index contributed by atoms with van der Waals surface area (Å²) in [7, 11) is 0.